The first kappa shape index (κ1) is 22.4. The fourth-order valence-electron chi connectivity index (χ4n) is 1.77. The van der Waals surface area contributed by atoms with E-state index in [-0.39, 0.29) is 19.4 Å². The smallest absolute Gasteiger partial charge is 0.460 e. The summed E-state index contributed by atoms with van der Waals surface area (Å²) in [5, 5.41) is 0. The summed E-state index contributed by atoms with van der Waals surface area (Å²) < 4.78 is 96.3. The zero-order valence-corrected chi connectivity index (χ0v) is 13.1. The summed E-state index contributed by atoms with van der Waals surface area (Å²) in [6, 6.07) is 0. The van der Waals surface area contributed by atoms with Gasteiger partial charge in [-0.3, -0.25) is 9.59 Å². The first-order chi connectivity index (χ1) is 10.7. The van der Waals surface area contributed by atoms with Gasteiger partial charge in [0.15, 0.2) is 12.0 Å². The van der Waals surface area contributed by atoms with Gasteiger partial charge < -0.3 is 9.47 Å². The second-order valence-corrected chi connectivity index (χ2v) is 4.86. The molecule has 0 N–H and O–H groups in total. The number of carbonyl (C=O) groups is 2. The molecule has 0 aliphatic heterocycles. The van der Waals surface area contributed by atoms with Crippen molar-refractivity contribution in [2.24, 2.45) is 5.41 Å². The highest BCUT2D eigenvalue weighted by Crippen LogP contribution is 2.46. The van der Waals surface area contributed by atoms with Crippen LogP contribution in [0.3, 0.4) is 0 Å². The number of rotatable bonds is 8. The molecule has 0 aliphatic carbocycles. The molecular weight excluding hydrogens is 353 g/mol. The summed E-state index contributed by atoms with van der Waals surface area (Å²) >= 11 is 0. The van der Waals surface area contributed by atoms with Crippen LogP contribution in [0.1, 0.15) is 33.6 Å². The first-order valence-electron chi connectivity index (χ1n) is 6.90. The zero-order valence-electron chi connectivity index (χ0n) is 13.1. The lowest BCUT2D eigenvalue weighted by molar-refractivity contribution is -0.360. The van der Waals surface area contributed by atoms with Crippen molar-refractivity contribution >= 4 is 11.9 Å². The lowest BCUT2D eigenvalue weighted by Crippen LogP contribution is -2.55. The van der Waals surface area contributed by atoms with Crippen LogP contribution in [0.4, 0.5) is 30.7 Å². The third-order valence-corrected chi connectivity index (χ3v) is 3.46. The highest BCUT2D eigenvalue weighted by Gasteiger charge is 2.73. The van der Waals surface area contributed by atoms with E-state index in [0.29, 0.717) is 0 Å². The first-order valence-corrected chi connectivity index (χ1v) is 6.90. The Morgan fingerprint density at radius 2 is 1.21 bits per heavy atom. The number of alkyl halides is 7. The summed E-state index contributed by atoms with van der Waals surface area (Å²) in [5.41, 5.74) is -2.06. The van der Waals surface area contributed by atoms with Crippen molar-refractivity contribution in [3.8, 4) is 0 Å². The van der Waals surface area contributed by atoms with Gasteiger partial charge in [-0.2, -0.15) is 30.7 Å². The van der Waals surface area contributed by atoms with Gasteiger partial charge in [0.25, 0.3) is 0 Å². The molecule has 0 amide bonds. The SMILES string of the molecule is CCOC(=O)C(CC)(CC)C(=O)OCC(F)(F)C(F)(F)C(F)(F)F. The molecule has 142 valence electrons. The summed E-state index contributed by atoms with van der Waals surface area (Å²) in [7, 11) is 0. The number of carbonyl (C=O) groups excluding carboxylic acids is 2. The van der Waals surface area contributed by atoms with Crippen LogP contribution in [0.5, 0.6) is 0 Å². The third-order valence-electron chi connectivity index (χ3n) is 3.46. The van der Waals surface area contributed by atoms with Crippen molar-refractivity contribution in [2.45, 2.75) is 51.6 Å². The Morgan fingerprint density at radius 1 is 0.792 bits per heavy atom. The van der Waals surface area contributed by atoms with Crippen LogP contribution in [0.2, 0.25) is 0 Å². The minimum atomic E-state index is -6.53. The van der Waals surface area contributed by atoms with Crippen LogP contribution >= 0.6 is 0 Å². The number of halogens is 7. The molecular formula is C13H17F7O4. The van der Waals surface area contributed by atoms with E-state index in [1.165, 1.54) is 20.8 Å². The molecule has 0 saturated heterocycles. The molecule has 0 aromatic heterocycles. The summed E-state index contributed by atoms with van der Waals surface area (Å²) in [6.45, 7) is 1.33. The Kier molecular flexibility index (Phi) is 7.07. The van der Waals surface area contributed by atoms with Crippen molar-refractivity contribution in [2.75, 3.05) is 13.2 Å². The van der Waals surface area contributed by atoms with Gasteiger partial charge in [-0.25, -0.2) is 0 Å². The van der Waals surface area contributed by atoms with Crippen molar-refractivity contribution in [3.63, 3.8) is 0 Å². The molecule has 0 aromatic rings. The molecule has 0 rings (SSSR count). The largest absolute Gasteiger partial charge is 0.465 e. The molecule has 11 heteroatoms. The average Bonchev–Trinajstić information content (AvgIpc) is 2.46. The number of hydrogen-bond acceptors (Lipinski definition) is 4. The Morgan fingerprint density at radius 3 is 1.54 bits per heavy atom. The molecule has 0 heterocycles. The van der Waals surface area contributed by atoms with E-state index < -0.39 is 42.0 Å². The van der Waals surface area contributed by atoms with Crippen LogP contribution in [-0.4, -0.2) is 43.2 Å². The predicted molar refractivity (Wildman–Crippen MR) is 66.6 cm³/mol. The maximum Gasteiger partial charge on any atom is 0.460 e. The average molecular weight is 370 g/mol. The van der Waals surface area contributed by atoms with E-state index in [2.05, 4.69) is 9.47 Å². The molecule has 0 atom stereocenters. The second-order valence-electron chi connectivity index (χ2n) is 4.86. The predicted octanol–water partition coefficient (Wildman–Crippen LogP) is 3.73. The van der Waals surface area contributed by atoms with Crippen molar-refractivity contribution in [1.82, 2.24) is 0 Å². The summed E-state index contributed by atoms with van der Waals surface area (Å²) in [4.78, 5) is 23.7. The van der Waals surface area contributed by atoms with Gasteiger partial charge in [-0.1, -0.05) is 13.8 Å². The highest BCUT2D eigenvalue weighted by molar-refractivity contribution is 6.00. The van der Waals surface area contributed by atoms with Gasteiger partial charge in [-0.15, -0.1) is 0 Å². The molecule has 0 spiro atoms. The van der Waals surface area contributed by atoms with Crippen LogP contribution in [0.25, 0.3) is 0 Å². The molecule has 0 fully saturated rings. The normalized spacial score (nSPS) is 13.6. The fraction of sp³-hybridized carbons (Fsp3) is 0.846. The van der Waals surface area contributed by atoms with Crippen molar-refractivity contribution < 1.29 is 49.8 Å². The van der Waals surface area contributed by atoms with Gasteiger partial charge in [0.1, 0.15) is 0 Å². The fourth-order valence-corrected chi connectivity index (χ4v) is 1.77. The lowest BCUT2D eigenvalue weighted by Gasteiger charge is -2.30. The maximum atomic E-state index is 13.1. The van der Waals surface area contributed by atoms with E-state index in [1.807, 2.05) is 0 Å². The quantitative estimate of drug-likeness (QED) is 0.371. The summed E-state index contributed by atoms with van der Waals surface area (Å²) in [6.07, 6.45) is -7.08. The molecule has 0 radical (unpaired) electrons. The summed E-state index contributed by atoms with van der Waals surface area (Å²) in [5.74, 6) is -14.9. The molecule has 0 bridgehead atoms. The van der Waals surface area contributed by atoms with Crippen molar-refractivity contribution in [3.05, 3.63) is 0 Å². The van der Waals surface area contributed by atoms with Crippen molar-refractivity contribution in [1.29, 1.82) is 0 Å². The molecule has 0 saturated carbocycles. The number of ether oxygens (including phenoxy) is 2. The van der Waals surface area contributed by atoms with Crippen LogP contribution in [-0.2, 0) is 19.1 Å². The molecule has 0 aliphatic rings. The number of hydrogen-bond donors (Lipinski definition) is 0. The van der Waals surface area contributed by atoms with Gasteiger partial charge in [-0.05, 0) is 19.8 Å². The Hall–Kier alpha value is -1.55. The standard InChI is InChI=1S/C13H17F7O4/c1-4-10(5-2,8(21)23-6-3)9(22)24-7-11(14,15)12(16,17)13(18,19)20/h4-7H2,1-3H3. The minimum absolute atomic E-state index is 0.157. The molecule has 0 aromatic carbocycles. The monoisotopic (exact) mass is 370 g/mol. The number of esters is 2. The van der Waals surface area contributed by atoms with Crippen LogP contribution in [0.15, 0.2) is 0 Å². The van der Waals surface area contributed by atoms with Gasteiger partial charge >= 0.3 is 30.0 Å². The van der Waals surface area contributed by atoms with E-state index in [4.69, 9.17) is 0 Å². The molecule has 24 heavy (non-hydrogen) atoms. The molecule has 0 unspecified atom stereocenters. The van der Waals surface area contributed by atoms with Gasteiger partial charge in [0, 0.05) is 0 Å². The van der Waals surface area contributed by atoms with Crippen LogP contribution < -0.4 is 0 Å². The minimum Gasteiger partial charge on any atom is -0.465 e. The Labute approximate surface area is 133 Å². The van der Waals surface area contributed by atoms with Crippen LogP contribution in [0, 0.1) is 5.41 Å². The highest BCUT2D eigenvalue weighted by atomic mass is 19.4. The van der Waals surface area contributed by atoms with E-state index in [9.17, 15) is 40.3 Å². The van der Waals surface area contributed by atoms with E-state index in [0.717, 1.165) is 0 Å². The maximum absolute atomic E-state index is 13.1. The Balaban J connectivity index is 5.32. The van der Waals surface area contributed by atoms with Gasteiger partial charge in [0.2, 0.25) is 0 Å². The third kappa shape index (κ3) is 4.10. The Bertz CT molecular complexity index is 456. The topological polar surface area (TPSA) is 52.6 Å². The van der Waals surface area contributed by atoms with E-state index in [1.54, 1.807) is 0 Å². The lowest BCUT2D eigenvalue weighted by atomic mass is 9.82. The van der Waals surface area contributed by atoms with Gasteiger partial charge in [0.05, 0.1) is 6.61 Å². The van der Waals surface area contributed by atoms with E-state index >= 15 is 0 Å². The zero-order chi connectivity index (χ0) is 19.4. The molecule has 4 nitrogen and oxygen atoms in total. The second kappa shape index (κ2) is 7.56.